The van der Waals surface area contributed by atoms with Crippen LogP contribution < -0.4 is 14.8 Å². The molecule has 1 unspecified atom stereocenters. The van der Waals surface area contributed by atoms with Gasteiger partial charge in [0, 0.05) is 12.4 Å². The Hall–Kier alpha value is -2.37. The van der Waals surface area contributed by atoms with Gasteiger partial charge in [-0.1, -0.05) is 6.07 Å². The number of aromatic nitrogens is 3. The number of nitrogens with zero attached hydrogens (tertiary/aromatic N) is 3. The van der Waals surface area contributed by atoms with Crippen molar-refractivity contribution < 1.29 is 9.47 Å². The second kappa shape index (κ2) is 5.99. The summed E-state index contributed by atoms with van der Waals surface area (Å²) in [5.74, 6) is 1.35. The SMILES string of the molecule is COc1cc(OC)nc(NC(C)c2cccnc2)n1. The van der Waals surface area contributed by atoms with Crippen molar-refractivity contribution in [1.82, 2.24) is 15.0 Å². The highest BCUT2D eigenvalue weighted by molar-refractivity contribution is 5.36. The zero-order chi connectivity index (χ0) is 13.7. The Morgan fingerprint density at radius 3 is 2.37 bits per heavy atom. The van der Waals surface area contributed by atoms with Crippen LogP contribution in [-0.4, -0.2) is 29.2 Å². The van der Waals surface area contributed by atoms with Crippen molar-refractivity contribution in [3.8, 4) is 11.8 Å². The Labute approximate surface area is 111 Å². The minimum absolute atomic E-state index is 0.0329. The topological polar surface area (TPSA) is 69.2 Å². The number of hydrogen-bond donors (Lipinski definition) is 1. The fourth-order valence-corrected chi connectivity index (χ4v) is 1.59. The van der Waals surface area contributed by atoms with Gasteiger partial charge in [-0.2, -0.15) is 9.97 Å². The highest BCUT2D eigenvalue weighted by Crippen LogP contribution is 2.21. The molecule has 6 heteroatoms. The molecule has 0 fully saturated rings. The van der Waals surface area contributed by atoms with E-state index < -0.39 is 0 Å². The second-order valence-electron chi connectivity index (χ2n) is 3.93. The lowest BCUT2D eigenvalue weighted by Gasteiger charge is -2.14. The Kier molecular flexibility index (Phi) is 4.12. The van der Waals surface area contributed by atoms with Gasteiger partial charge in [0.25, 0.3) is 0 Å². The van der Waals surface area contributed by atoms with Crippen molar-refractivity contribution in [2.45, 2.75) is 13.0 Å². The third kappa shape index (κ3) is 3.31. The first-order valence-corrected chi connectivity index (χ1v) is 5.86. The van der Waals surface area contributed by atoms with Gasteiger partial charge >= 0.3 is 0 Å². The highest BCUT2D eigenvalue weighted by Gasteiger charge is 2.10. The van der Waals surface area contributed by atoms with Gasteiger partial charge in [0.1, 0.15) is 0 Å². The maximum atomic E-state index is 5.10. The van der Waals surface area contributed by atoms with Crippen molar-refractivity contribution in [3.63, 3.8) is 0 Å². The minimum atomic E-state index is 0.0329. The Bertz CT molecular complexity index is 511. The van der Waals surface area contributed by atoms with Crippen molar-refractivity contribution >= 4 is 5.95 Å². The van der Waals surface area contributed by atoms with Crippen LogP contribution in [0.3, 0.4) is 0 Å². The number of hydrogen-bond acceptors (Lipinski definition) is 6. The lowest BCUT2D eigenvalue weighted by molar-refractivity contribution is 0.372. The highest BCUT2D eigenvalue weighted by atomic mass is 16.5. The van der Waals surface area contributed by atoms with Gasteiger partial charge in [-0.05, 0) is 18.6 Å². The van der Waals surface area contributed by atoms with Crippen molar-refractivity contribution in [3.05, 3.63) is 36.2 Å². The Balaban J connectivity index is 2.18. The Morgan fingerprint density at radius 1 is 1.16 bits per heavy atom. The van der Waals surface area contributed by atoms with E-state index in [-0.39, 0.29) is 6.04 Å². The second-order valence-corrected chi connectivity index (χ2v) is 3.93. The maximum absolute atomic E-state index is 5.10. The molecule has 19 heavy (non-hydrogen) atoms. The first kappa shape index (κ1) is 13.1. The smallest absolute Gasteiger partial charge is 0.229 e. The van der Waals surface area contributed by atoms with Crippen molar-refractivity contribution in [1.29, 1.82) is 0 Å². The van der Waals surface area contributed by atoms with Crippen LogP contribution in [0, 0.1) is 0 Å². The molecule has 0 bridgehead atoms. The third-order valence-corrected chi connectivity index (χ3v) is 2.63. The molecule has 0 spiro atoms. The minimum Gasteiger partial charge on any atom is -0.481 e. The predicted octanol–water partition coefficient (Wildman–Crippen LogP) is 2.06. The van der Waals surface area contributed by atoms with Crippen LogP contribution in [0.1, 0.15) is 18.5 Å². The summed E-state index contributed by atoms with van der Waals surface area (Å²) in [5, 5.41) is 3.19. The summed E-state index contributed by atoms with van der Waals surface area (Å²) >= 11 is 0. The van der Waals surface area contributed by atoms with Crippen LogP contribution in [0.25, 0.3) is 0 Å². The van der Waals surface area contributed by atoms with Gasteiger partial charge in [-0.25, -0.2) is 0 Å². The zero-order valence-corrected chi connectivity index (χ0v) is 11.1. The number of nitrogens with one attached hydrogen (secondary N) is 1. The van der Waals surface area contributed by atoms with Gasteiger partial charge in [0.2, 0.25) is 17.7 Å². The molecule has 1 N–H and O–H groups in total. The van der Waals surface area contributed by atoms with E-state index in [1.165, 1.54) is 0 Å². The van der Waals surface area contributed by atoms with E-state index in [2.05, 4.69) is 20.3 Å². The molecule has 0 saturated heterocycles. The molecular weight excluding hydrogens is 244 g/mol. The molecule has 0 saturated carbocycles. The molecule has 1 atom stereocenters. The van der Waals surface area contributed by atoms with Gasteiger partial charge in [-0.3, -0.25) is 4.98 Å². The van der Waals surface area contributed by atoms with Gasteiger partial charge in [0.05, 0.1) is 26.3 Å². The predicted molar refractivity (Wildman–Crippen MR) is 71.4 cm³/mol. The maximum Gasteiger partial charge on any atom is 0.229 e. The molecule has 0 aliphatic rings. The molecule has 2 aromatic heterocycles. The van der Waals surface area contributed by atoms with Crippen LogP contribution in [0.5, 0.6) is 11.8 Å². The van der Waals surface area contributed by atoms with Crippen LogP contribution in [-0.2, 0) is 0 Å². The molecule has 0 radical (unpaired) electrons. The molecule has 0 aliphatic carbocycles. The molecule has 0 amide bonds. The average molecular weight is 260 g/mol. The number of methoxy groups -OCH3 is 2. The van der Waals surface area contributed by atoms with Crippen LogP contribution in [0.4, 0.5) is 5.95 Å². The molecule has 0 aliphatic heterocycles. The Morgan fingerprint density at radius 2 is 1.84 bits per heavy atom. The van der Waals surface area contributed by atoms with Crippen molar-refractivity contribution in [2.24, 2.45) is 0 Å². The van der Waals surface area contributed by atoms with E-state index >= 15 is 0 Å². The van der Waals surface area contributed by atoms with Crippen molar-refractivity contribution in [2.75, 3.05) is 19.5 Å². The van der Waals surface area contributed by atoms with Gasteiger partial charge in [0.15, 0.2) is 0 Å². The van der Waals surface area contributed by atoms with E-state index in [0.717, 1.165) is 5.56 Å². The zero-order valence-electron chi connectivity index (χ0n) is 11.1. The molecule has 2 rings (SSSR count). The number of pyridine rings is 1. The summed E-state index contributed by atoms with van der Waals surface area (Å²) in [6, 6.07) is 5.54. The third-order valence-electron chi connectivity index (χ3n) is 2.63. The molecule has 2 aromatic rings. The normalized spacial score (nSPS) is 11.7. The summed E-state index contributed by atoms with van der Waals surface area (Å²) in [6.45, 7) is 2.01. The lowest BCUT2D eigenvalue weighted by Crippen LogP contribution is -2.10. The fraction of sp³-hybridized carbons (Fsp3) is 0.308. The van der Waals surface area contributed by atoms with Gasteiger partial charge < -0.3 is 14.8 Å². The largest absolute Gasteiger partial charge is 0.481 e. The summed E-state index contributed by atoms with van der Waals surface area (Å²) in [4.78, 5) is 12.5. The summed E-state index contributed by atoms with van der Waals surface area (Å²) < 4.78 is 10.2. The lowest BCUT2D eigenvalue weighted by atomic mass is 10.1. The summed E-state index contributed by atoms with van der Waals surface area (Å²) in [5.41, 5.74) is 1.05. The molecule has 2 heterocycles. The van der Waals surface area contributed by atoms with E-state index in [1.807, 2.05) is 19.1 Å². The number of ether oxygens (including phenoxy) is 2. The van der Waals surface area contributed by atoms with Gasteiger partial charge in [-0.15, -0.1) is 0 Å². The van der Waals surface area contributed by atoms with Crippen LogP contribution in [0.2, 0.25) is 0 Å². The molecule has 100 valence electrons. The van der Waals surface area contributed by atoms with Crippen LogP contribution >= 0.6 is 0 Å². The van der Waals surface area contributed by atoms with E-state index in [0.29, 0.717) is 17.7 Å². The molecule has 6 nitrogen and oxygen atoms in total. The summed E-state index contributed by atoms with van der Waals surface area (Å²) in [7, 11) is 3.10. The monoisotopic (exact) mass is 260 g/mol. The fourth-order valence-electron chi connectivity index (χ4n) is 1.59. The first-order chi connectivity index (χ1) is 9.22. The van der Waals surface area contributed by atoms with E-state index in [4.69, 9.17) is 9.47 Å². The van der Waals surface area contributed by atoms with E-state index in [1.54, 1.807) is 32.7 Å². The quantitative estimate of drug-likeness (QED) is 0.887. The standard InChI is InChI=1S/C13H16N4O2/c1-9(10-5-4-6-14-8-10)15-13-16-11(18-2)7-12(17-13)19-3/h4-9H,1-3H3,(H,15,16,17). The van der Waals surface area contributed by atoms with E-state index in [9.17, 15) is 0 Å². The summed E-state index contributed by atoms with van der Waals surface area (Å²) in [6.07, 6.45) is 3.54. The van der Waals surface area contributed by atoms with Crippen LogP contribution in [0.15, 0.2) is 30.6 Å². The molecular formula is C13H16N4O2. The number of rotatable bonds is 5. The first-order valence-electron chi connectivity index (χ1n) is 5.86. The molecule has 0 aromatic carbocycles. The number of anilines is 1. The average Bonchev–Trinajstić information content (AvgIpc) is 2.47.